The molecule has 3 unspecified atom stereocenters. The number of hydrogen-bond acceptors (Lipinski definition) is 8. The quantitative estimate of drug-likeness (QED) is 0.0841. The lowest BCUT2D eigenvalue weighted by molar-refractivity contribution is -0.149. The van der Waals surface area contributed by atoms with Crippen LogP contribution >= 0.6 is 0 Å². The number of Topliss-reactive ketones (excluding diaryl/α,β-unsaturated/α-hetero) is 1. The average molecular weight is 653 g/mol. The predicted molar refractivity (Wildman–Crippen MR) is 179 cm³/mol. The lowest BCUT2D eigenvalue weighted by Crippen LogP contribution is -2.45. The van der Waals surface area contributed by atoms with Crippen LogP contribution in [0.5, 0.6) is 5.75 Å². The average Bonchev–Trinajstić information content (AvgIpc) is 3.05. The Morgan fingerprint density at radius 3 is 2.32 bits per heavy atom. The maximum Gasteiger partial charge on any atom is 0.314 e. The van der Waals surface area contributed by atoms with E-state index in [9.17, 15) is 24.0 Å². The second-order valence-corrected chi connectivity index (χ2v) is 11.9. The molecule has 11 nitrogen and oxygen atoms in total. The second kappa shape index (κ2) is 22.3. The SMILES string of the molecule is CCCCCC(=O)NC(Cc1ccc(OCOC(=O)Cc2ccccn2)cc1)C(=O)CC(C(=O)NCCCCCC(N)=O)C(C)CC. The van der Waals surface area contributed by atoms with Gasteiger partial charge in [-0.25, -0.2) is 0 Å². The first kappa shape index (κ1) is 38.9. The molecule has 0 bridgehead atoms. The van der Waals surface area contributed by atoms with Crippen LogP contribution in [0.25, 0.3) is 0 Å². The molecule has 0 aliphatic carbocycles. The van der Waals surface area contributed by atoms with Gasteiger partial charge in [-0.3, -0.25) is 29.0 Å². The largest absolute Gasteiger partial charge is 0.457 e. The molecule has 0 radical (unpaired) electrons. The van der Waals surface area contributed by atoms with Gasteiger partial charge in [0.1, 0.15) is 5.75 Å². The number of aromatic nitrogens is 1. The van der Waals surface area contributed by atoms with E-state index in [1.165, 1.54) is 0 Å². The van der Waals surface area contributed by atoms with Crippen LogP contribution in [0.15, 0.2) is 48.7 Å². The summed E-state index contributed by atoms with van der Waals surface area (Å²) in [6, 6.07) is 11.5. The first-order valence-corrected chi connectivity index (χ1v) is 16.8. The Bertz CT molecular complexity index is 1250. The molecule has 0 saturated carbocycles. The smallest absolute Gasteiger partial charge is 0.314 e. The number of nitrogens with two attached hydrogens (primary N) is 1. The van der Waals surface area contributed by atoms with Crippen molar-refractivity contribution in [3.8, 4) is 5.75 Å². The highest BCUT2D eigenvalue weighted by atomic mass is 16.7. The molecule has 4 N–H and O–H groups in total. The molecular weight excluding hydrogens is 600 g/mol. The van der Waals surface area contributed by atoms with Crippen molar-refractivity contribution >= 4 is 29.5 Å². The Kier molecular flexibility index (Phi) is 18.4. The molecule has 0 fully saturated rings. The van der Waals surface area contributed by atoms with Gasteiger partial charge in [-0.1, -0.05) is 64.7 Å². The number of unbranched alkanes of at least 4 members (excludes halogenated alkanes) is 4. The highest BCUT2D eigenvalue weighted by molar-refractivity contribution is 5.92. The van der Waals surface area contributed by atoms with E-state index >= 15 is 0 Å². The summed E-state index contributed by atoms with van der Waals surface area (Å²) >= 11 is 0. The zero-order valence-corrected chi connectivity index (χ0v) is 28.1. The molecule has 3 atom stereocenters. The molecule has 0 aliphatic rings. The zero-order valence-electron chi connectivity index (χ0n) is 28.1. The van der Waals surface area contributed by atoms with E-state index in [1.54, 1.807) is 48.7 Å². The minimum absolute atomic E-state index is 0.00743. The molecule has 0 aliphatic heterocycles. The number of benzene rings is 1. The van der Waals surface area contributed by atoms with Crippen molar-refractivity contribution in [3.63, 3.8) is 0 Å². The summed E-state index contributed by atoms with van der Waals surface area (Å²) in [6.07, 6.45) is 8.07. The standard InChI is InChI=1S/C36H52N4O7/c1-4-6-8-15-34(43)40-31(32(41)24-30(26(3)5-2)36(45)39-21-11-7-9-14-33(37)42)22-27-16-18-29(19-17-27)46-25-47-35(44)23-28-13-10-12-20-38-28/h10,12-13,16-20,26,30-31H,4-9,11,14-15,21-25H2,1-3H3,(H2,37,42)(H,39,45)(H,40,43). The van der Waals surface area contributed by atoms with Crippen LogP contribution in [-0.4, -0.2) is 53.8 Å². The summed E-state index contributed by atoms with van der Waals surface area (Å²) in [5.41, 5.74) is 6.60. The third-order valence-corrected chi connectivity index (χ3v) is 8.08. The van der Waals surface area contributed by atoms with Crippen LogP contribution in [-0.2, 0) is 41.6 Å². The van der Waals surface area contributed by atoms with Gasteiger partial charge >= 0.3 is 5.97 Å². The van der Waals surface area contributed by atoms with Gasteiger partial charge in [-0.05, 0) is 61.4 Å². The maximum absolute atomic E-state index is 13.7. The van der Waals surface area contributed by atoms with Crippen LogP contribution in [0.3, 0.4) is 0 Å². The van der Waals surface area contributed by atoms with Crippen LogP contribution in [0, 0.1) is 11.8 Å². The summed E-state index contributed by atoms with van der Waals surface area (Å²) in [6.45, 7) is 6.19. The number of nitrogens with zero attached hydrogens (tertiary/aromatic N) is 1. The van der Waals surface area contributed by atoms with Crippen molar-refractivity contribution in [2.75, 3.05) is 13.3 Å². The van der Waals surface area contributed by atoms with Gasteiger partial charge in [0.15, 0.2) is 5.78 Å². The lowest BCUT2D eigenvalue weighted by atomic mass is 9.84. The van der Waals surface area contributed by atoms with E-state index in [0.717, 1.165) is 37.7 Å². The van der Waals surface area contributed by atoms with Crippen LogP contribution in [0.2, 0.25) is 0 Å². The number of pyridine rings is 1. The van der Waals surface area contributed by atoms with Crippen molar-refractivity contribution in [1.29, 1.82) is 0 Å². The normalized spacial score (nSPS) is 12.7. The molecular formula is C36H52N4O7. The van der Waals surface area contributed by atoms with Gasteiger partial charge in [0.05, 0.1) is 18.2 Å². The number of carbonyl (C=O) groups is 5. The topological polar surface area (TPSA) is 167 Å². The summed E-state index contributed by atoms with van der Waals surface area (Å²) in [5.74, 6) is -1.46. The number of rotatable bonds is 24. The number of nitrogens with one attached hydrogen (secondary N) is 2. The number of carbonyl (C=O) groups excluding carboxylic acids is 5. The van der Waals surface area contributed by atoms with Gasteiger partial charge < -0.3 is 25.8 Å². The third-order valence-electron chi connectivity index (χ3n) is 8.08. The molecule has 47 heavy (non-hydrogen) atoms. The van der Waals surface area contributed by atoms with E-state index < -0.39 is 17.9 Å². The Labute approximate surface area is 278 Å². The van der Waals surface area contributed by atoms with Gasteiger partial charge in [0, 0.05) is 37.9 Å². The molecule has 2 rings (SSSR count). The van der Waals surface area contributed by atoms with Crippen molar-refractivity contribution < 1.29 is 33.4 Å². The molecule has 258 valence electrons. The molecule has 11 heteroatoms. The van der Waals surface area contributed by atoms with E-state index in [0.29, 0.717) is 43.7 Å². The molecule has 0 saturated heterocycles. The van der Waals surface area contributed by atoms with Crippen molar-refractivity contribution in [1.82, 2.24) is 15.6 Å². The first-order valence-electron chi connectivity index (χ1n) is 16.8. The van der Waals surface area contributed by atoms with E-state index in [1.807, 2.05) is 13.8 Å². The highest BCUT2D eigenvalue weighted by Gasteiger charge is 2.30. The van der Waals surface area contributed by atoms with Gasteiger partial charge in [-0.2, -0.15) is 0 Å². The monoisotopic (exact) mass is 652 g/mol. The second-order valence-electron chi connectivity index (χ2n) is 11.9. The number of ether oxygens (including phenoxy) is 2. The summed E-state index contributed by atoms with van der Waals surface area (Å²) in [7, 11) is 0. The third kappa shape index (κ3) is 16.2. The van der Waals surface area contributed by atoms with Crippen molar-refractivity contribution in [3.05, 3.63) is 59.9 Å². The van der Waals surface area contributed by atoms with Gasteiger partial charge in [0.25, 0.3) is 0 Å². The molecule has 2 aromatic rings. The van der Waals surface area contributed by atoms with Gasteiger partial charge in [0.2, 0.25) is 24.5 Å². The molecule has 0 spiro atoms. The zero-order chi connectivity index (χ0) is 34.4. The number of esters is 1. The Morgan fingerprint density at radius 2 is 1.66 bits per heavy atom. The Morgan fingerprint density at radius 1 is 0.915 bits per heavy atom. The summed E-state index contributed by atoms with van der Waals surface area (Å²) in [4.78, 5) is 66.8. The Balaban J connectivity index is 2.01. The van der Waals surface area contributed by atoms with Crippen molar-refractivity contribution in [2.45, 2.75) is 104 Å². The number of hydrogen-bond donors (Lipinski definition) is 3. The molecule has 1 heterocycles. The fourth-order valence-electron chi connectivity index (χ4n) is 5.01. The van der Waals surface area contributed by atoms with Gasteiger partial charge in [-0.15, -0.1) is 0 Å². The predicted octanol–water partition coefficient (Wildman–Crippen LogP) is 4.59. The van der Waals surface area contributed by atoms with Crippen LogP contribution in [0.1, 0.15) is 96.2 Å². The molecule has 3 amide bonds. The highest BCUT2D eigenvalue weighted by Crippen LogP contribution is 2.22. The molecule has 1 aromatic carbocycles. The minimum Gasteiger partial charge on any atom is -0.457 e. The van der Waals surface area contributed by atoms with Crippen LogP contribution < -0.4 is 21.1 Å². The number of ketones is 1. The van der Waals surface area contributed by atoms with E-state index in [4.69, 9.17) is 15.2 Å². The first-order chi connectivity index (χ1) is 22.6. The number of primary amides is 1. The summed E-state index contributed by atoms with van der Waals surface area (Å²) < 4.78 is 10.7. The van der Waals surface area contributed by atoms with E-state index in [2.05, 4.69) is 22.5 Å². The van der Waals surface area contributed by atoms with E-state index in [-0.39, 0.29) is 55.5 Å². The maximum atomic E-state index is 13.7. The Hall–Kier alpha value is -4.28. The molecule has 1 aromatic heterocycles. The minimum atomic E-state index is -0.795. The van der Waals surface area contributed by atoms with Crippen LogP contribution in [0.4, 0.5) is 0 Å². The summed E-state index contributed by atoms with van der Waals surface area (Å²) in [5, 5.41) is 5.88. The number of amides is 3. The lowest BCUT2D eigenvalue weighted by Gasteiger charge is -2.25. The van der Waals surface area contributed by atoms with Crippen molar-refractivity contribution in [2.24, 2.45) is 17.6 Å². The fraction of sp³-hybridized carbons (Fsp3) is 0.556. The fourth-order valence-corrected chi connectivity index (χ4v) is 5.01.